The zero-order valence-corrected chi connectivity index (χ0v) is 7.95. The van der Waals surface area contributed by atoms with E-state index in [0.29, 0.717) is 13.1 Å². The van der Waals surface area contributed by atoms with Gasteiger partial charge in [0.25, 0.3) is 0 Å². The van der Waals surface area contributed by atoms with Gasteiger partial charge >= 0.3 is 0 Å². The molecule has 1 saturated heterocycles. The molecule has 0 bridgehead atoms. The molecule has 0 aliphatic carbocycles. The van der Waals surface area contributed by atoms with Crippen LogP contribution in [0.1, 0.15) is 20.8 Å². The Bertz CT molecular complexity index is 169. The number of likely N-dealkylation sites (tertiary alicyclic amines) is 1. The Morgan fingerprint density at radius 2 is 2.08 bits per heavy atom. The number of rotatable bonds is 1. The standard InChI is InChI=1S/C9H17NO2/c1-6(2)9(12)10-4-7(3)8(11)5-10/h6-8,11H,4-5H2,1-3H3/t7-,8-/m0/s1. The molecular weight excluding hydrogens is 154 g/mol. The minimum atomic E-state index is -0.326. The highest BCUT2D eigenvalue weighted by atomic mass is 16.3. The molecular formula is C9H17NO2. The molecule has 0 aromatic carbocycles. The van der Waals surface area contributed by atoms with Gasteiger partial charge in [-0.25, -0.2) is 0 Å². The van der Waals surface area contributed by atoms with Crippen LogP contribution in [0.2, 0.25) is 0 Å². The van der Waals surface area contributed by atoms with Crippen LogP contribution in [0.25, 0.3) is 0 Å². The summed E-state index contributed by atoms with van der Waals surface area (Å²) in [5, 5.41) is 9.40. The topological polar surface area (TPSA) is 40.5 Å². The molecule has 1 aliphatic heterocycles. The van der Waals surface area contributed by atoms with Gasteiger partial charge in [-0.2, -0.15) is 0 Å². The fourth-order valence-electron chi connectivity index (χ4n) is 1.49. The van der Waals surface area contributed by atoms with Crippen molar-refractivity contribution < 1.29 is 9.90 Å². The summed E-state index contributed by atoms with van der Waals surface area (Å²) in [5.74, 6) is 0.425. The summed E-state index contributed by atoms with van der Waals surface area (Å²) in [4.78, 5) is 13.2. The van der Waals surface area contributed by atoms with Gasteiger partial charge in [-0.15, -0.1) is 0 Å². The van der Waals surface area contributed by atoms with E-state index < -0.39 is 0 Å². The van der Waals surface area contributed by atoms with E-state index >= 15 is 0 Å². The number of hydrogen-bond donors (Lipinski definition) is 1. The molecule has 70 valence electrons. The molecule has 0 unspecified atom stereocenters. The minimum Gasteiger partial charge on any atom is -0.391 e. The number of β-amino-alcohol motifs (C(OH)–C–C–N with tert-alkyl or cyclic N) is 1. The van der Waals surface area contributed by atoms with Gasteiger partial charge in [0.05, 0.1) is 6.10 Å². The Balaban J connectivity index is 2.52. The number of hydrogen-bond acceptors (Lipinski definition) is 2. The van der Waals surface area contributed by atoms with Gasteiger partial charge in [0.2, 0.25) is 5.91 Å². The predicted molar refractivity (Wildman–Crippen MR) is 46.6 cm³/mol. The second-order valence-corrected chi connectivity index (χ2v) is 3.94. The van der Waals surface area contributed by atoms with E-state index in [2.05, 4.69) is 0 Å². The lowest BCUT2D eigenvalue weighted by Crippen LogP contribution is -2.32. The van der Waals surface area contributed by atoms with Gasteiger partial charge < -0.3 is 10.0 Å². The summed E-state index contributed by atoms with van der Waals surface area (Å²) in [6.45, 7) is 6.96. The Morgan fingerprint density at radius 1 is 1.50 bits per heavy atom. The van der Waals surface area contributed by atoms with Crippen molar-refractivity contribution >= 4 is 5.91 Å². The first-order chi connectivity index (χ1) is 5.52. The fourth-order valence-corrected chi connectivity index (χ4v) is 1.49. The third-order valence-corrected chi connectivity index (χ3v) is 2.38. The molecule has 0 aromatic heterocycles. The van der Waals surface area contributed by atoms with Gasteiger partial charge in [-0.1, -0.05) is 20.8 Å². The Labute approximate surface area is 73.4 Å². The normalized spacial score (nSPS) is 29.9. The molecule has 1 fully saturated rings. The molecule has 12 heavy (non-hydrogen) atoms. The molecule has 1 N–H and O–H groups in total. The molecule has 1 heterocycles. The van der Waals surface area contributed by atoms with Crippen LogP contribution in [0.5, 0.6) is 0 Å². The highest BCUT2D eigenvalue weighted by Gasteiger charge is 2.31. The smallest absolute Gasteiger partial charge is 0.225 e. The van der Waals surface area contributed by atoms with Crippen molar-refractivity contribution in [1.82, 2.24) is 4.90 Å². The molecule has 0 spiro atoms. The number of amides is 1. The first kappa shape index (κ1) is 9.52. The van der Waals surface area contributed by atoms with E-state index in [1.54, 1.807) is 4.90 Å². The summed E-state index contributed by atoms with van der Waals surface area (Å²) in [6.07, 6.45) is -0.326. The maximum absolute atomic E-state index is 11.5. The molecule has 0 aromatic rings. The first-order valence-electron chi connectivity index (χ1n) is 4.49. The van der Waals surface area contributed by atoms with Crippen molar-refractivity contribution in [3.8, 4) is 0 Å². The molecule has 3 heteroatoms. The van der Waals surface area contributed by atoms with E-state index in [4.69, 9.17) is 0 Å². The molecule has 1 aliphatic rings. The van der Waals surface area contributed by atoms with Gasteiger partial charge in [0.15, 0.2) is 0 Å². The second-order valence-electron chi connectivity index (χ2n) is 3.94. The number of aliphatic hydroxyl groups is 1. The first-order valence-corrected chi connectivity index (χ1v) is 4.49. The van der Waals surface area contributed by atoms with Crippen molar-refractivity contribution in [3.63, 3.8) is 0 Å². The molecule has 0 saturated carbocycles. The second kappa shape index (κ2) is 3.44. The van der Waals surface area contributed by atoms with Gasteiger partial charge in [0, 0.05) is 24.9 Å². The van der Waals surface area contributed by atoms with Crippen LogP contribution in [0.3, 0.4) is 0 Å². The van der Waals surface area contributed by atoms with Crippen molar-refractivity contribution in [2.75, 3.05) is 13.1 Å². The summed E-state index contributed by atoms with van der Waals surface area (Å²) in [6, 6.07) is 0. The van der Waals surface area contributed by atoms with Gasteiger partial charge in [0.1, 0.15) is 0 Å². The van der Waals surface area contributed by atoms with E-state index in [1.165, 1.54) is 0 Å². The zero-order chi connectivity index (χ0) is 9.30. The third-order valence-electron chi connectivity index (χ3n) is 2.38. The van der Waals surface area contributed by atoms with E-state index in [0.717, 1.165) is 0 Å². The highest BCUT2D eigenvalue weighted by molar-refractivity contribution is 5.78. The van der Waals surface area contributed by atoms with Crippen LogP contribution < -0.4 is 0 Å². The highest BCUT2D eigenvalue weighted by Crippen LogP contribution is 2.17. The van der Waals surface area contributed by atoms with Crippen LogP contribution in [0.4, 0.5) is 0 Å². The summed E-state index contributed by atoms with van der Waals surface area (Å²) in [5.41, 5.74) is 0. The number of carbonyl (C=O) groups excluding carboxylic acids is 1. The third kappa shape index (κ3) is 1.78. The van der Waals surface area contributed by atoms with E-state index in [9.17, 15) is 9.90 Å². The summed E-state index contributed by atoms with van der Waals surface area (Å²) < 4.78 is 0. The maximum Gasteiger partial charge on any atom is 0.225 e. The Morgan fingerprint density at radius 3 is 2.42 bits per heavy atom. The van der Waals surface area contributed by atoms with Crippen molar-refractivity contribution in [3.05, 3.63) is 0 Å². The monoisotopic (exact) mass is 171 g/mol. The number of carbonyl (C=O) groups is 1. The average Bonchev–Trinajstić information content (AvgIpc) is 2.30. The van der Waals surface area contributed by atoms with E-state index in [1.807, 2.05) is 20.8 Å². The lowest BCUT2D eigenvalue weighted by atomic mass is 10.1. The summed E-state index contributed by atoms with van der Waals surface area (Å²) in [7, 11) is 0. The van der Waals surface area contributed by atoms with Gasteiger partial charge in [-0.05, 0) is 0 Å². The van der Waals surface area contributed by atoms with E-state index in [-0.39, 0.29) is 23.8 Å². The molecule has 1 rings (SSSR count). The number of aliphatic hydroxyl groups excluding tert-OH is 1. The maximum atomic E-state index is 11.5. The Hall–Kier alpha value is -0.570. The molecule has 0 radical (unpaired) electrons. The zero-order valence-electron chi connectivity index (χ0n) is 7.95. The number of nitrogens with zero attached hydrogens (tertiary/aromatic N) is 1. The Kier molecular flexibility index (Phi) is 2.73. The molecule has 2 atom stereocenters. The molecule has 3 nitrogen and oxygen atoms in total. The SMILES string of the molecule is CC(C)C(=O)N1C[C@H](C)[C@@H](O)C1. The average molecular weight is 171 g/mol. The van der Waals surface area contributed by atoms with Gasteiger partial charge in [-0.3, -0.25) is 4.79 Å². The lowest BCUT2D eigenvalue weighted by molar-refractivity contribution is -0.133. The summed E-state index contributed by atoms with van der Waals surface area (Å²) >= 11 is 0. The van der Waals surface area contributed by atoms with Crippen LogP contribution in [0.15, 0.2) is 0 Å². The van der Waals surface area contributed by atoms with Crippen LogP contribution >= 0.6 is 0 Å². The van der Waals surface area contributed by atoms with Crippen molar-refractivity contribution in [2.45, 2.75) is 26.9 Å². The van der Waals surface area contributed by atoms with Crippen LogP contribution in [-0.4, -0.2) is 35.1 Å². The van der Waals surface area contributed by atoms with Crippen molar-refractivity contribution in [1.29, 1.82) is 0 Å². The molecule has 1 amide bonds. The minimum absolute atomic E-state index is 0.0440. The lowest BCUT2D eigenvalue weighted by Gasteiger charge is -2.17. The largest absolute Gasteiger partial charge is 0.391 e. The van der Waals surface area contributed by atoms with Crippen molar-refractivity contribution in [2.24, 2.45) is 11.8 Å². The van der Waals surface area contributed by atoms with Crippen LogP contribution in [-0.2, 0) is 4.79 Å². The predicted octanol–water partition coefficient (Wildman–Crippen LogP) is 0.482. The van der Waals surface area contributed by atoms with Crippen LogP contribution in [0, 0.1) is 11.8 Å². The quantitative estimate of drug-likeness (QED) is 0.623. The fraction of sp³-hybridized carbons (Fsp3) is 0.889.